The number of nitrogens with zero attached hydrogens (tertiary/aromatic N) is 1. The van der Waals surface area contributed by atoms with E-state index in [-0.39, 0.29) is 12.6 Å². The molecule has 1 unspecified atom stereocenters. The van der Waals surface area contributed by atoms with Gasteiger partial charge in [-0.1, -0.05) is 17.7 Å². The van der Waals surface area contributed by atoms with E-state index in [1.54, 1.807) is 0 Å². The molecule has 3 N–H and O–H groups in total. The first-order valence-electron chi connectivity index (χ1n) is 7.58. The fraction of sp³-hybridized carbons (Fsp3) is 0.500. The molecule has 1 heterocycles. The van der Waals surface area contributed by atoms with Crippen molar-refractivity contribution in [2.45, 2.75) is 19.8 Å². The maximum absolute atomic E-state index is 11.9. The summed E-state index contributed by atoms with van der Waals surface area (Å²) < 4.78 is 0. The van der Waals surface area contributed by atoms with E-state index < -0.39 is 5.97 Å². The average Bonchev–Trinajstić information content (AvgIpc) is 2.47. The van der Waals surface area contributed by atoms with Gasteiger partial charge >= 0.3 is 12.0 Å². The number of hydrogen-bond acceptors (Lipinski definition) is 3. The summed E-state index contributed by atoms with van der Waals surface area (Å²) in [6, 6.07) is 7.40. The van der Waals surface area contributed by atoms with Crippen LogP contribution in [0.4, 0.5) is 10.5 Å². The second kappa shape index (κ2) is 7.79. The maximum atomic E-state index is 11.9. The molecule has 2 amide bonds. The predicted molar refractivity (Wildman–Crippen MR) is 85.0 cm³/mol. The lowest BCUT2D eigenvalue weighted by molar-refractivity contribution is -0.138. The highest BCUT2D eigenvalue weighted by atomic mass is 16.4. The highest BCUT2D eigenvalue weighted by Gasteiger charge is 2.21. The molecule has 0 spiro atoms. The number of benzene rings is 1. The molecule has 120 valence electrons. The van der Waals surface area contributed by atoms with Crippen molar-refractivity contribution in [2.24, 2.45) is 5.92 Å². The first kappa shape index (κ1) is 16.3. The first-order valence-corrected chi connectivity index (χ1v) is 7.58. The molecule has 0 aliphatic carbocycles. The standard InChI is InChI=1S/C16H23N3O3/c1-12-4-6-14(7-5-12)18-16(22)17-9-13-3-2-8-19(10-13)11-15(20)21/h4-7,13H,2-3,8-11H2,1H3,(H,20,21)(H2,17,18,22). The summed E-state index contributed by atoms with van der Waals surface area (Å²) in [7, 11) is 0. The molecule has 1 fully saturated rings. The number of aliphatic carboxylic acids is 1. The van der Waals surface area contributed by atoms with Crippen LogP contribution in [0.1, 0.15) is 18.4 Å². The summed E-state index contributed by atoms with van der Waals surface area (Å²) in [5.41, 5.74) is 1.91. The zero-order valence-electron chi connectivity index (χ0n) is 12.8. The van der Waals surface area contributed by atoms with E-state index in [2.05, 4.69) is 10.6 Å². The molecule has 0 bridgehead atoms. The topological polar surface area (TPSA) is 81.7 Å². The van der Waals surface area contributed by atoms with Crippen molar-refractivity contribution >= 4 is 17.7 Å². The summed E-state index contributed by atoms with van der Waals surface area (Å²) in [6.07, 6.45) is 1.99. The molecule has 0 aromatic heterocycles. The van der Waals surface area contributed by atoms with Crippen LogP contribution in [0.25, 0.3) is 0 Å². The fourth-order valence-corrected chi connectivity index (χ4v) is 2.70. The number of carbonyl (C=O) groups excluding carboxylic acids is 1. The zero-order chi connectivity index (χ0) is 15.9. The molecule has 1 aromatic carbocycles. The number of anilines is 1. The van der Waals surface area contributed by atoms with Gasteiger partial charge < -0.3 is 15.7 Å². The zero-order valence-corrected chi connectivity index (χ0v) is 12.8. The third kappa shape index (κ3) is 5.37. The van der Waals surface area contributed by atoms with Crippen molar-refractivity contribution in [2.75, 3.05) is 31.5 Å². The Hall–Kier alpha value is -2.08. The molecule has 2 rings (SSSR count). The quantitative estimate of drug-likeness (QED) is 0.776. The minimum Gasteiger partial charge on any atom is -0.480 e. The largest absolute Gasteiger partial charge is 0.480 e. The van der Waals surface area contributed by atoms with Crippen LogP contribution in [0, 0.1) is 12.8 Å². The minimum absolute atomic E-state index is 0.0755. The van der Waals surface area contributed by atoms with E-state index in [1.807, 2.05) is 36.1 Å². The third-order valence-corrected chi connectivity index (χ3v) is 3.82. The Labute approximate surface area is 130 Å². The Morgan fingerprint density at radius 2 is 2.05 bits per heavy atom. The molecule has 0 saturated carbocycles. The van der Waals surface area contributed by atoms with Gasteiger partial charge in [-0.3, -0.25) is 9.69 Å². The number of carboxylic acid groups (broad SMARTS) is 1. The van der Waals surface area contributed by atoms with Crippen molar-refractivity contribution in [1.29, 1.82) is 0 Å². The Bertz CT molecular complexity index is 516. The number of piperidine rings is 1. The van der Waals surface area contributed by atoms with Crippen LogP contribution in [0.3, 0.4) is 0 Å². The number of nitrogens with one attached hydrogen (secondary N) is 2. The van der Waals surface area contributed by atoms with Gasteiger partial charge in [0.2, 0.25) is 0 Å². The van der Waals surface area contributed by atoms with E-state index in [4.69, 9.17) is 5.11 Å². The van der Waals surface area contributed by atoms with E-state index >= 15 is 0 Å². The Balaban J connectivity index is 1.73. The number of carbonyl (C=O) groups is 2. The van der Waals surface area contributed by atoms with E-state index in [9.17, 15) is 9.59 Å². The van der Waals surface area contributed by atoms with Gasteiger partial charge in [0.1, 0.15) is 0 Å². The molecule has 6 heteroatoms. The molecule has 0 radical (unpaired) electrons. The van der Waals surface area contributed by atoms with Gasteiger partial charge in [0.05, 0.1) is 6.54 Å². The molecule has 1 atom stereocenters. The van der Waals surface area contributed by atoms with Crippen LogP contribution in [0.15, 0.2) is 24.3 Å². The highest BCUT2D eigenvalue weighted by Crippen LogP contribution is 2.15. The number of amides is 2. The van der Waals surface area contributed by atoms with Gasteiger partial charge in [0.25, 0.3) is 0 Å². The monoisotopic (exact) mass is 305 g/mol. The van der Waals surface area contributed by atoms with E-state index in [0.717, 1.165) is 37.2 Å². The maximum Gasteiger partial charge on any atom is 0.319 e. The van der Waals surface area contributed by atoms with Crippen molar-refractivity contribution in [3.63, 3.8) is 0 Å². The van der Waals surface area contributed by atoms with Crippen LogP contribution < -0.4 is 10.6 Å². The van der Waals surface area contributed by atoms with Gasteiger partial charge in [0, 0.05) is 18.8 Å². The highest BCUT2D eigenvalue weighted by molar-refractivity contribution is 5.89. The third-order valence-electron chi connectivity index (χ3n) is 3.82. The minimum atomic E-state index is -0.800. The lowest BCUT2D eigenvalue weighted by Gasteiger charge is -2.31. The van der Waals surface area contributed by atoms with Crippen molar-refractivity contribution in [3.8, 4) is 0 Å². The van der Waals surface area contributed by atoms with E-state index in [1.165, 1.54) is 0 Å². The number of carboxylic acids is 1. The Morgan fingerprint density at radius 3 is 2.73 bits per heavy atom. The van der Waals surface area contributed by atoms with Gasteiger partial charge in [-0.2, -0.15) is 0 Å². The molecule has 6 nitrogen and oxygen atoms in total. The smallest absolute Gasteiger partial charge is 0.319 e. The van der Waals surface area contributed by atoms with Crippen LogP contribution >= 0.6 is 0 Å². The molecule has 1 aliphatic heterocycles. The first-order chi connectivity index (χ1) is 10.5. The summed E-state index contributed by atoms with van der Waals surface area (Å²) in [4.78, 5) is 24.5. The lowest BCUT2D eigenvalue weighted by Crippen LogP contribution is -2.43. The Morgan fingerprint density at radius 1 is 1.32 bits per heavy atom. The van der Waals surface area contributed by atoms with Gasteiger partial charge in [-0.25, -0.2) is 4.79 Å². The van der Waals surface area contributed by atoms with Crippen molar-refractivity contribution < 1.29 is 14.7 Å². The van der Waals surface area contributed by atoms with Gasteiger partial charge in [-0.15, -0.1) is 0 Å². The number of aryl methyl sites for hydroxylation is 1. The van der Waals surface area contributed by atoms with Crippen LogP contribution in [0.2, 0.25) is 0 Å². The van der Waals surface area contributed by atoms with E-state index in [0.29, 0.717) is 12.5 Å². The summed E-state index contributed by atoms with van der Waals surface area (Å²) in [5, 5.41) is 14.5. The summed E-state index contributed by atoms with van der Waals surface area (Å²) in [6.45, 7) is 4.17. The van der Waals surface area contributed by atoms with Crippen LogP contribution in [-0.2, 0) is 4.79 Å². The molecule has 1 aliphatic rings. The normalized spacial score (nSPS) is 18.7. The van der Waals surface area contributed by atoms with Crippen LogP contribution in [0.5, 0.6) is 0 Å². The predicted octanol–water partition coefficient (Wildman–Crippen LogP) is 1.91. The average molecular weight is 305 g/mol. The lowest BCUT2D eigenvalue weighted by atomic mass is 9.98. The second-order valence-corrected chi connectivity index (χ2v) is 5.84. The second-order valence-electron chi connectivity index (χ2n) is 5.84. The molecule has 22 heavy (non-hydrogen) atoms. The van der Waals surface area contributed by atoms with Crippen molar-refractivity contribution in [1.82, 2.24) is 10.2 Å². The van der Waals surface area contributed by atoms with Crippen molar-refractivity contribution in [3.05, 3.63) is 29.8 Å². The number of likely N-dealkylation sites (tertiary alicyclic amines) is 1. The fourth-order valence-electron chi connectivity index (χ4n) is 2.70. The summed E-state index contributed by atoms with van der Waals surface area (Å²) in [5.74, 6) is -0.498. The molecular formula is C16H23N3O3. The SMILES string of the molecule is Cc1ccc(NC(=O)NCC2CCCN(CC(=O)O)C2)cc1. The number of urea groups is 1. The molecule has 1 aromatic rings. The number of hydrogen-bond donors (Lipinski definition) is 3. The summed E-state index contributed by atoms with van der Waals surface area (Å²) >= 11 is 0. The number of rotatable bonds is 5. The molecule has 1 saturated heterocycles. The van der Waals surface area contributed by atoms with Gasteiger partial charge in [0.15, 0.2) is 0 Å². The Kier molecular flexibility index (Phi) is 5.77. The van der Waals surface area contributed by atoms with Gasteiger partial charge in [-0.05, 0) is 44.4 Å². The van der Waals surface area contributed by atoms with Crippen LogP contribution in [-0.4, -0.2) is 48.2 Å². The molecular weight excluding hydrogens is 282 g/mol.